The summed E-state index contributed by atoms with van der Waals surface area (Å²) in [6.07, 6.45) is -9.15. The summed E-state index contributed by atoms with van der Waals surface area (Å²) < 4.78 is 129. The van der Waals surface area contributed by atoms with E-state index in [1.165, 1.54) is 60.7 Å². The van der Waals surface area contributed by atoms with Crippen molar-refractivity contribution in [1.82, 2.24) is 0 Å². The molecule has 12 nitrogen and oxygen atoms in total. The van der Waals surface area contributed by atoms with Gasteiger partial charge >= 0.3 is 48.2 Å². The van der Waals surface area contributed by atoms with Gasteiger partial charge in [-0.1, -0.05) is 175 Å². The van der Waals surface area contributed by atoms with Crippen LogP contribution in [0.1, 0.15) is 78.8 Å². The molecule has 12 aromatic carbocycles. The molecule has 0 fully saturated rings. The number of carbonyl (C=O) groups is 6. The third-order valence-electron chi connectivity index (χ3n) is 14.9. The van der Waals surface area contributed by atoms with Gasteiger partial charge in [0.25, 0.3) is 0 Å². The van der Waals surface area contributed by atoms with Gasteiger partial charge in [0.1, 0.15) is 23.3 Å². The molecule has 0 aliphatic carbocycles. The lowest BCUT2D eigenvalue weighted by molar-refractivity contribution is -0.138. The fourth-order valence-corrected chi connectivity index (χ4v) is 10.0. The Balaban J connectivity index is 0.000000175. The molecule has 528 valence electrons. The molecule has 0 aromatic heterocycles. The first-order chi connectivity index (χ1) is 49.3. The topological polar surface area (TPSA) is 224 Å². The third-order valence-corrected chi connectivity index (χ3v) is 15.2. The number of halogens is 11. The summed E-state index contributed by atoms with van der Waals surface area (Å²) in [4.78, 5) is 65.3. The Morgan fingerprint density at radius 1 is 0.279 bits per heavy atom. The Morgan fingerprint density at radius 3 is 0.962 bits per heavy atom. The Morgan fingerprint density at radius 2 is 0.615 bits per heavy atom. The zero-order chi connectivity index (χ0) is 76.0. The molecule has 23 heteroatoms. The normalized spacial score (nSPS) is 10.6. The van der Waals surface area contributed by atoms with Crippen molar-refractivity contribution in [3.63, 3.8) is 0 Å². The van der Waals surface area contributed by atoms with E-state index in [1.54, 1.807) is 97.1 Å². The number of carboxylic acids is 6. The standard InChI is InChI=1S/2C14H9F3O2.C14H12O2.C13H9ClO2.2C13H8F2O2/c2*15-14(16,17)12-7-10(6-11(8-12)13(18)19)9-4-2-1-3-5-9;1-10-12(11-6-3-2-4-7-11)8-5-9-13(10)14(15)16;14-12-7-6-10(8-11(12)13(15)16)9-4-2-1-3-5-9;2*14-10-4-5-11(12(15)7-10)8-2-1-3-9(6-8)13(16)17/h2*1-8H,(H,18,19);2-9H,1H3,(H,15,16);1-8H,(H,15,16);2*1-7H,(H,16,17). The van der Waals surface area contributed by atoms with E-state index >= 15 is 0 Å². The molecule has 0 spiro atoms. The first-order valence-electron chi connectivity index (χ1n) is 30.4. The first-order valence-corrected chi connectivity index (χ1v) is 30.7. The number of hydrogen-bond donors (Lipinski definition) is 6. The molecule has 0 aliphatic heterocycles. The van der Waals surface area contributed by atoms with Gasteiger partial charge in [0.15, 0.2) is 0 Å². The molecular formula is C81H55ClF10O12. The van der Waals surface area contributed by atoms with Gasteiger partial charge in [-0.25, -0.2) is 46.3 Å². The predicted molar refractivity (Wildman–Crippen MR) is 373 cm³/mol. The molecule has 0 heterocycles. The van der Waals surface area contributed by atoms with Crippen LogP contribution in [0, 0.1) is 30.2 Å². The number of benzene rings is 12. The van der Waals surface area contributed by atoms with Crippen LogP contribution < -0.4 is 0 Å². The number of rotatable bonds is 12. The van der Waals surface area contributed by atoms with E-state index in [0.717, 1.165) is 64.2 Å². The van der Waals surface area contributed by atoms with Crippen LogP contribution in [-0.4, -0.2) is 66.5 Å². The molecule has 12 aromatic rings. The van der Waals surface area contributed by atoms with Crippen molar-refractivity contribution in [2.24, 2.45) is 0 Å². The van der Waals surface area contributed by atoms with Gasteiger partial charge in [-0.2, -0.15) is 26.3 Å². The molecule has 0 aliphatic rings. The maximum Gasteiger partial charge on any atom is 0.416 e. The average Bonchev–Trinajstić information content (AvgIpc) is 0.817. The van der Waals surface area contributed by atoms with Crippen LogP contribution in [-0.2, 0) is 12.4 Å². The molecule has 0 amide bonds. The van der Waals surface area contributed by atoms with Crippen molar-refractivity contribution in [2.75, 3.05) is 0 Å². The lowest BCUT2D eigenvalue weighted by Crippen LogP contribution is -2.08. The molecule has 0 bridgehead atoms. The van der Waals surface area contributed by atoms with Crippen LogP contribution in [0.4, 0.5) is 43.9 Å². The van der Waals surface area contributed by atoms with Gasteiger partial charge in [0.05, 0.1) is 49.5 Å². The van der Waals surface area contributed by atoms with Crippen LogP contribution in [0.5, 0.6) is 0 Å². The smallest absolute Gasteiger partial charge is 0.416 e. The highest BCUT2D eigenvalue weighted by Crippen LogP contribution is 2.36. The number of alkyl halides is 6. The Kier molecular flexibility index (Phi) is 27.1. The summed E-state index contributed by atoms with van der Waals surface area (Å²) in [7, 11) is 0. The molecule has 0 atom stereocenters. The van der Waals surface area contributed by atoms with Crippen LogP contribution in [0.2, 0.25) is 5.02 Å². The van der Waals surface area contributed by atoms with E-state index in [9.17, 15) is 72.7 Å². The van der Waals surface area contributed by atoms with E-state index in [2.05, 4.69) is 0 Å². The molecule has 0 saturated carbocycles. The average molecular weight is 1450 g/mol. The van der Waals surface area contributed by atoms with E-state index in [-0.39, 0.29) is 55.1 Å². The summed E-state index contributed by atoms with van der Waals surface area (Å²) >= 11 is 5.80. The number of hydrogen-bond acceptors (Lipinski definition) is 6. The van der Waals surface area contributed by atoms with Crippen molar-refractivity contribution in [3.05, 3.63) is 357 Å². The van der Waals surface area contributed by atoms with Crippen molar-refractivity contribution < 1.29 is 103 Å². The summed E-state index contributed by atoms with van der Waals surface area (Å²) in [5, 5.41) is 53.6. The quantitative estimate of drug-likeness (QED) is 0.0629. The van der Waals surface area contributed by atoms with Gasteiger partial charge in [-0.05, 0) is 171 Å². The van der Waals surface area contributed by atoms with Crippen LogP contribution >= 0.6 is 11.6 Å². The predicted octanol–water partition coefficient (Wildman–Crippen LogP) is 21.9. The van der Waals surface area contributed by atoms with Gasteiger partial charge in [-0.15, -0.1) is 0 Å². The second kappa shape index (κ2) is 35.9. The highest BCUT2D eigenvalue weighted by Gasteiger charge is 2.33. The summed E-state index contributed by atoms with van der Waals surface area (Å²) in [6.45, 7) is 1.84. The molecule has 0 saturated heterocycles. The molecule has 12 rings (SSSR count). The van der Waals surface area contributed by atoms with Crippen molar-refractivity contribution in [1.29, 1.82) is 0 Å². The molecule has 6 N–H and O–H groups in total. The maximum atomic E-state index is 13.5. The first kappa shape index (κ1) is 78.4. The molecule has 104 heavy (non-hydrogen) atoms. The minimum absolute atomic E-state index is 0.0613. The van der Waals surface area contributed by atoms with Gasteiger partial charge in [0, 0.05) is 23.3 Å². The zero-order valence-electron chi connectivity index (χ0n) is 53.8. The van der Waals surface area contributed by atoms with E-state index < -0.39 is 82.6 Å². The zero-order valence-corrected chi connectivity index (χ0v) is 54.6. The van der Waals surface area contributed by atoms with E-state index in [0.29, 0.717) is 39.9 Å². The Labute approximate surface area is 591 Å². The fraction of sp³-hybridized carbons (Fsp3) is 0.0370. The second-order valence-corrected chi connectivity index (χ2v) is 22.4. The van der Waals surface area contributed by atoms with Crippen LogP contribution in [0.25, 0.3) is 66.8 Å². The largest absolute Gasteiger partial charge is 0.478 e. The van der Waals surface area contributed by atoms with E-state index in [1.807, 2.05) is 79.7 Å². The van der Waals surface area contributed by atoms with Crippen LogP contribution in [0.15, 0.2) is 279 Å². The minimum atomic E-state index is -4.57. The minimum Gasteiger partial charge on any atom is -0.478 e. The molecule has 0 unspecified atom stereocenters. The van der Waals surface area contributed by atoms with Crippen LogP contribution in [0.3, 0.4) is 0 Å². The van der Waals surface area contributed by atoms with Crippen molar-refractivity contribution in [3.8, 4) is 66.8 Å². The van der Waals surface area contributed by atoms with Gasteiger partial charge in [-0.3, -0.25) is 0 Å². The highest BCUT2D eigenvalue weighted by atomic mass is 35.5. The Bertz CT molecular complexity index is 4810. The summed E-state index contributed by atoms with van der Waals surface area (Å²) in [5.41, 5.74) is 5.26. The third kappa shape index (κ3) is 22.3. The maximum absolute atomic E-state index is 13.5. The van der Waals surface area contributed by atoms with Gasteiger partial charge < -0.3 is 30.6 Å². The second-order valence-electron chi connectivity index (χ2n) is 22.0. The summed E-state index contributed by atoms with van der Waals surface area (Å²) in [6, 6.07) is 70.1. The summed E-state index contributed by atoms with van der Waals surface area (Å²) in [5.74, 6) is -9.60. The monoisotopic (exact) mass is 1440 g/mol. The lowest BCUT2D eigenvalue weighted by Gasteiger charge is -2.10. The fourth-order valence-electron chi connectivity index (χ4n) is 9.81. The highest BCUT2D eigenvalue weighted by molar-refractivity contribution is 6.33. The molecular weight excluding hydrogens is 1390 g/mol. The lowest BCUT2D eigenvalue weighted by atomic mass is 9.97. The number of carboxylic acid groups (broad SMARTS) is 6. The molecule has 0 radical (unpaired) electrons. The van der Waals surface area contributed by atoms with E-state index in [4.69, 9.17) is 42.2 Å². The van der Waals surface area contributed by atoms with Crippen molar-refractivity contribution in [2.45, 2.75) is 19.3 Å². The SMILES string of the molecule is Cc1c(C(=O)O)cccc1-c1ccccc1.O=C(O)c1cc(-c2ccccc2)cc(C(F)(F)F)c1.O=C(O)c1cc(-c2ccccc2)cc(C(F)(F)F)c1.O=C(O)c1cc(-c2ccccc2)ccc1Cl.O=C(O)c1cccc(-c2ccc(F)cc2F)c1.O=C(O)c1cccc(-c2ccc(F)cc2F)c1. The Hall–Kier alpha value is -13.0. The van der Waals surface area contributed by atoms with Gasteiger partial charge in [0.2, 0.25) is 0 Å². The number of aromatic carboxylic acids is 6. The van der Waals surface area contributed by atoms with Crippen molar-refractivity contribution >= 4 is 47.4 Å².